The van der Waals surface area contributed by atoms with Crippen molar-refractivity contribution in [1.82, 2.24) is 30.2 Å². The lowest BCUT2D eigenvalue weighted by Gasteiger charge is -2.10. The van der Waals surface area contributed by atoms with Gasteiger partial charge in [0.05, 0.1) is 5.69 Å². The minimum absolute atomic E-state index is 0.599. The Labute approximate surface area is 170 Å². The van der Waals surface area contributed by atoms with Gasteiger partial charge in [-0.15, -0.1) is 16.8 Å². The second-order valence-electron chi connectivity index (χ2n) is 7.00. The zero-order valence-electron chi connectivity index (χ0n) is 16.5. The monoisotopic (exact) mass is 384 g/mol. The Balaban J connectivity index is 1.59. The van der Waals surface area contributed by atoms with Crippen molar-refractivity contribution in [2.24, 2.45) is 0 Å². The lowest BCUT2D eigenvalue weighted by Crippen LogP contribution is -2.04. The van der Waals surface area contributed by atoms with Crippen molar-refractivity contribution >= 4 is 0 Å². The molecule has 0 radical (unpaired) electrons. The summed E-state index contributed by atoms with van der Waals surface area (Å²) < 4.78 is 2.25. The molecule has 4 aromatic rings. The van der Waals surface area contributed by atoms with E-state index in [9.17, 15) is 0 Å². The number of aryl methyl sites for hydroxylation is 1. The molecule has 6 nitrogen and oxygen atoms in total. The van der Waals surface area contributed by atoms with Crippen molar-refractivity contribution in [3.63, 3.8) is 0 Å². The number of H-pyrrole nitrogens is 1. The molecule has 0 saturated heterocycles. The summed E-state index contributed by atoms with van der Waals surface area (Å²) in [4.78, 5) is 4.76. The molecule has 2 aromatic carbocycles. The first-order valence-corrected chi connectivity index (χ1v) is 9.86. The number of rotatable bonds is 8. The van der Waals surface area contributed by atoms with Gasteiger partial charge in [-0.2, -0.15) is 5.21 Å². The Morgan fingerprint density at radius 3 is 2.55 bits per heavy atom. The number of hydrogen-bond acceptors (Lipinski definition) is 4. The second-order valence-corrected chi connectivity index (χ2v) is 7.00. The third-order valence-corrected chi connectivity index (χ3v) is 4.87. The Hall–Kier alpha value is -3.54. The van der Waals surface area contributed by atoms with Crippen LogP contribution in [0.3, 0.4) is 0 Å². The highest BCUT2D eigenvalue weighted by atomic mass is 15.5. The van der Waals surface area contributed by atoms with Gasteiger partial charge in [-0.25, -0.2) is 4.98 Å². The van der Waals surface area contributed by atoms with Gasteiger partial charge < -0.3 is 4.57 Å². The molecule has 0 bridgehead atoms. The van der Waals surface area contributed by atoms with Crippen molar-refractivity contribution < 1.29 is 0 Å². The van der Waals surface area contributed by atoms with Crippen LogP contribution in [0.25, 0.3) is 22.5 Å². The Kier molecular flexibility index (Phi) is 5.61. The van der Waals surface area contributed by atoms with Gasteiger partial charge in [0.25, 0.3) is 0 Å². The predicted octanol–water partition coefficient (Wildman–Crippen LogP) is 4.46. The number of nitrogens with one attached hydrogen (secondary N) is 1. The zero-order valence-corrected chi connectivity index (χ0v) is 16.5. The van der Waals surface area contributed by atoms with Gasteiger partial charge in [0.2, 0.25) is 5.82 Å². The van der Waals surface area contributed by atoms with E-state index in [1.807, 2.05) is 24.3 Å². The Morgan fingerprint density at radius 1 is 1.07 bits per heavy atom. The number of hydrogen-bond donors (Lipinski definition) is 1. The summed E-state index contributed by atoms with van der Waals surface area (Å²) >= 11 is 0. The largest absolute Gasteiger partial charge is 0.330 e. The number of tetrazole rings is 1. The van der Waals surface area contributed by atoms with Gasteiger partial charge in [0, 0.05) is 31.1 Å². The lowest BCUT2D eigenvalue weighted by atomic mass is 9.98. The molecule has 0 aliphatic heterocycles. The van der Waals surface area contributed by atoms with E-state index in [1.54, 1.807) is 0 Å². The van der Waals surface area contributed by atoms with E-state index in [4.69, 9.17) is 4.98 Å². The minimum atomic E-state index is 0.599. The fourth-order valence-electron chi connectivity index (χ4n) is 3.51. The van der Waals surface area contributed by atoms with Crippen molar-refractivity contribution in [3.8, 4) is 22.5 Å². The van der Waals surface area contributed by atoms with Crippen molar-refractivity contribution in [1.29, 1.82) is 0 Å². The van der Waals surface area contributed by atoms with Crippen LogP contribution in [0.5, 0.6) is 0 Å². The summed E-state index contributed by atoms with van der Waals surface area (Å²) in [5, 5.41) is 14.5. The molecule has 6 heteroatoms. The smallest absolute Gasteiger partial charge is 0.205 e. The predicted molar refractivity (Wildman–Crippen MR) is 114 cm³/mol. The van der Waals surface area contributed by atoms with Crippen LogP contribution in [-0.4, -0.2) is 30.2 Å². The van der Waals surface area contributed by atoms with Gasteiger partial charge in [0.15, 0.2) is 0 Å². The summed E-state index contributed by atoms with van der Waals surface area (Å²) in [6, 6.07) is 16.7. The summed E-state index contributed by atoms with van der Waals surface area (Å²) in [6.45, 7) is 6.82. The first-order valence-electron chi connectivity index (χ1n) is 9.86. The SMILES string of the molecule is C=CCc1cn(Cc2ccc(-c3ccccc3-c3nn[nH]n3)cc2)c(CCC)n1. The van der Waals surface area contributed by atoms with E-state index in [2.05, 4.69) is 75.2 Å². The molecule has 0 spiro atoms. The van der Waals surface area contributed by atoms with Crippen LogP contribution >= 0.6 is 0 Å². The average Bonchev–Trinajstić information content (AvgIpc) is 3.40. The second kappa shape index (κ2) is 8.65. The van der Waals surface area contributed by atoms with Gasteiger partial charge >= 0.3 is 0 Å². The first-order chi connectivity index (χ1) is 14.3. The molecule has 0 saturated carbocycles. The van der Waals surface area contributed by atoms with E-state index in [0.29, 0.717) is 5.82 Å². The molecule has 4 rings (SSSR count). The number of benzene rings is 2. The number of imidazole rings is 1. The molecular weight excluding hydrogens is 360 g/mol. The molecule has 29 heavy (non-hydrogen) atoms. The fourth-order valence-corrected chi connectivity index (χ4v) is 3.51. The van der Waals surface area contributed by atoms with Crippen LogP contribution in [0.4, 0.5) is 0 Å². The van der Waals surface area contributed by atoms with Crippen LogP contribution in [0.2, 0.25) is 0 Å². The van der Waals surface area contributed by atoms with E-state index in [-0.39, 0.29) is 0 Å². The van der Waals surface area contributed by atoms with Gasteiger partial charge in [-0.1, -0.05) is 61.5 Å². The summed E-state index contributed by atoms with van der Waals surface area (Å²) in [5.74, 6) is 1.73. The topological polar surface area (TPSA) is 72.3 Å². The molecule has 146 valence electrons. The van der Waals surface area contributed by atoms with Crippen molar-refractivity contribution in [3.05, 3.63) is 84.5 Å². The van der Waals surface area contributed by atoms with Crippen molar-refractivity contribution in [2.45, 2.75) is 32.7 Å². The first kappa shape index (κ1) is 18.8. The maximum atomic E-state index is 4.76. The molecule has 1 N–H and O–H groups in total. The third kappa shape index (κ3) is 4.16. The molecule has 0 amide bonds. The summed E-state index contributed by atoms with van der Waals surface area (Å²) in [7, 11) is 0. The van der Waals surface area contributed by atoms with Crippen LogP contribution < -0.4 is 0 Å². The molecule has 0 fully saturated rings. The number of nitrogens with zero attached hydrogens (tertiary/aromatic N) is 5. The maximum absolute atomic E-state index is 4.76. The lowest BCUT2D eigenvalue weighted by molar-refractivity contribution is 0.705. The highest BCUT2D eigenvalue weighted by Crippen LogP contribution is 2.29. The Morgan fingerprint density at radius 2 is 1.86 bits per heavy atom. The highest BCUT2D eigenvalue weighted by Gasteiger charge is 2.11. The molecule has 0 unspecified atom stereocenters. The van der Waals surface area contributed by atoms with Crippen molar-refractivity contribution in [2.75, 3.05) is 0 Å². The molecule has 2 heterocycles. The molecule has 0 atom stereocenters. The quantitative estimate of drug-likeness (QED) is 0.455. The average molecular weight is 384 g/mol. The van der Waals surface area contributed by atoms with Crippen LogP contribution in [-0.2, 0) is 19.4 Å². The van der Waals surface area contributed by atoms with Gasteiger partial charge in [0.1, 0.15) is 5.82 Å². The standard InChI is InChI=1S/C23H24N6/c1-3-7-19-16-29(22(24-19)8-4-2)15-17-11-13-18(14-12-17)20-9-5-6-10-21(20)23-25-27-28-26-23/h3,5-6,9-14,16H,1,4,7-8,15H2,2H3,(H,25,26,27,28). The third-order valence-electron chi connectivity index (χ3n) is 4.87. The molecular formula is C23H24N6. The van der Waals surface area contributed by atoms with E-state index < -0.39 is 0 Å². The molecule has 2 aromatic heterocycles. The van der Waals surface area contributed by atoms with Gasteiger partial charge in [-0.3, -0.25) is 0 Å². The summed E-state index contributed by atoms with van der Waals surface area (Å²) in [6.07, 6.45) is 6.91. The molecule has 0 aliphatic rings. The van der Waals surface area contributed by atoms with Crippen LogP contribution in [0.1, 0.15) is 30.4 Å². The minimum Gasteiger partial charge on any atom is -0.330 e. The fraction of sp³-hybridized carbons (Fsp3) is 0.217. The van der Waals surface area contributed by atoms with E-state index >= 15 is 0 Å². The van der Waals surface area contributed by atoms with E-state index in [1.165, 1.54) is 5.56 Å². The van der Waals surface area contributed by atoms with Gasteiger partial charge in [-0.05, 0) is 28.3 Å². The normalized spacial score (nSPS) is 10.9. The molecule has 0 aliphatic carbocycles. The summed E-state index contributed by atoms with van der Waals surface area (Å²) in [5.41, 5.74) is 5.49. The highest BCUT2D eigenvalue weighted by molar-refractivity contribution is 5.80. The maximum Gasteiger partial charge on any atom is 0.205 e. The zero-order chi connectivity index (χ0) is 20.1. The van der Waals surface area contributed by atoms with E-state index in [0.717, 1.165) is 54.0 Å². The number of allylic oxidation sites excluding steroid dienone is 1. The van der Waals surface area contributed by atoms with Crippen LogP contribution in [0.15, 0.2) is 67.4 Å². The number of aromatic amines is 1. The number of aromatic nitrogens is 6. The van der Waals surface area contributed by atoms with Crippen LogP contribution in [0, 0.1) is 0 Å². The Bertz CT molecular complexity index is 1080.